The molecule has 1 aliphatic rings. The molecule has 0 radical (unpaired) electrons. The molecular formula is C12H14FNO2. The third-order valence-corrected chi connectivity index (χ3v) is 2.65. The molecule has 1 N–H and O–H groups in total. The summed E-state index contributed by atoms with van der Waals surface area (Å²) in [6.45, 7) is 3.92. The normalized spacial score (nSPS) is 17.8. The summed E-state index contributed by atoms with van der Waals surface area (Å²) in [7, 11) is 0. The Labute approximate surface area is 93.6 Å². The van der Waals surface area contributed by atoms with E-state index >= 15 is 0 Å². The Bertz CT molecular complexity index is 431. The zero-order chi connectivity index (χ0) is 11.7. The van der Waals surface area contributed by atoms with Gasteiger partial charge in [0, 0.05) is 17.7 Å². The fourth-order valence-corrected chi connectivity index (χ4v) is 1.94. The first kappa shape index (κ1) is 10.9. The van der Waals surface area contributed by atoms with Crippen LogP contribution in [-0.2, 0) is 16.0 Å². The van der Waals surface area contributed by atoms with Crippen LogP contribution in [-0.4, -0.2) is 18.6 Å². The highest BCUT2D eigenvalue weighted by Crippen LogP contribution is 2.29. The molecule has 0 fully saturated rings. The van der Waals surface area contributed by atoms with Gasteiger partial charge in [-0.05, 0) is 31.5 Å². The van der Waals surface area contributed by atoms with Crippen LogP contribution in [0.2, 0.25) is 0 Å². The van der Waals surface area contributed by atoms with E-state index in [0.29, 0.717) is 24.3 Å². The number of hydrogen-bond donors (Lipinski definition) is 1. The lowest BCUT2D eigenvalue weighted by atomic mass is 10.1. The van der Waals surface area contributed by atoms with Gasteiger partial charge in [-0.25, -0.2) is 9.18 Å². The number of fused-ring (bicyclic) bond motifs is 1. The lowest BCUT2D eigenvalue weighted by molar-refractivity contribution is -0.143. The van der Waals surface area contributed by atoms with Crippen molar-refractivity contribution < 1.29 is 13.9 Å². The fourth-order valence-electron chi connectivity index (χ4n) is 1.94. The molecule has 0 spiro atoms. The molecule has 1 heterocycles. The van der Waals surface area contributed by atoms with E-state index in [9.17, 15) is 9.18 Å². The average Bonchev–Trinajstić information content (AvgIpc) is 2.62. The van der Waals surface area contributed by atoms with Crippen molar-refractivity contribution in [3.8, 4) is 0 Å². The number of halogens is 1. The summed E-state index contributed by atoms with van der Waals surface area (Å²) in [5.41, 5.74) is 2.12. The summed E-state index contributed by atoms with van der Waals surface area (Å²) in [5, 5.41) is 2.99. The number of anilines is 1. The van der Waals surface area contributed by atoms with Crippen molar-refractivity contribution in [3.05, 3.63) is 29.1 Å². The van der Waals surface area contributed by atoms with Crippen LogP contribution < -0.4 is 5.32 Å². The fraction of sp³-hybridized carbons (Fsp3) is 0.417. The van der Waals surface area contributed by atoms with Crippen molar-refractivity contribution in [2.24, 2.45) is 0 Å². The molecule has 3 nitrogen and oxygen atoms in total. The number of aryl methyl sites for hydroxylation is 1. The lowest BCUT2D eigenvalue weighted by Crippen LogP contribution is -2.29. The minimum absolute atomic E-state index is 0.255. The van der Waals surface area contributed by atoms with Crippen molar-refractivity contribution in [1.82, 2.24) is 0 Å². The monoisotopic (exact) mass is 223 g/mol. The molecule has 0 aromatic heterocycles. The quantitative estimate of drug-likeness (QED) is 0.780. The molecule has 0 aliphatic carbocycles. The van der Waals surface area contributed by atoms with E-state index in [1.54, 1.807) is 6.92 Å². The second-order valence-corrected chi connectivity index (χ2v) is 3.93. The summed E-state index contributed by atoms with van der Waals surface area (Å²) in [4.78, 5) is 11.5. The van der Waals surface area contributed by atoms with E-state index in [2.05, 4.69) is 5.32 Å². The maximum absolute atomic E-state index is 13.6. The van der Waals surface area contributed by atoms with E-state index in [1.165, 1.54) is 6.07 Å². The Morgan fingerprint density at radius 1 is 1.62 bits per heavy atom. The van der Waals surface area contributed by atoms with Crippen molar-refractivity contribution in [2.75, 3.05) is 11.9 Å². The third-order valence-electron chi connectivity index (χ3n) is 2.65. The van der Waals surface area contributed by atoms with Crippen molar-refractivity contribution in [1.29, 1.82) is 0 Å². The van der Waals surface area contributed by atoms with Crippen molar-refractivity contribution in [3.63, 3.8) is 0 Å². The molecule has 86 valence electrons. The molecule has 2 rings (SSSR count). The zero-order valence-corrected chi connectivity index (χ0v) is 9.34. The summed E-state index contributed by atoms with van der Waals surface area (Å²) >= 11 is 0. The van der Waals surface area contributed by atoms with E-state index in [-0.39, 0.29) is 11.8 Å². The van der Waals surface area contributed by atoms with Gasteiger partial charge < -0.3 is 10.1 Å². The molecule has 1 aromatic rings. The number of esters is 1. The van der Waals surface area contributed by atoms with E-state index in [1.807, 2.05) is 13.0 Å². The largest absolute Gasteiger partial charge is 0.464 e. The second kappa shape index (κ2) is 4.12. The number of benzene rings is 1. The standard InChI is InChI=1S/C12H14FNO2/c1-3-16-12(15)11-6-8-9(13)4-7(2)5-10(8)14-11/h4-5,11,14H,3,6H2,1-2H3. The molecule has 1 unspecified atom stereocenters. The molecule has 16 heavy (non-hydrogen) atoms. The number of carbonyl (C=O) groups excluding carboxylic acids is 1. The van der Waals surface area contributed by atoms with Crippen LogP contribution >= 0.6 is 0 Å². The van der Waals surface area contributed by atoms with Crippen molar-refractivity contribution in [2.45, 2.75) is 26.3 Å². The molecule has 4 heteroatoms. The average molecular weight is 223 g/mol. The Balaban J connectivity index is 2.21. The van der Waals surface area contributed by atoms with Gasteiger partial charge in [0.05, 0.1) is 6.61 Å². The van der Waals surface area contributed by atoms with Gasteiger partial charge in [0.2, 0.25) is 0 Å². The Kier molecular flexibility index (Phi) is 2.81. The predicted molar refractivity (Wildman–Crippen MR) is 58.9 cm³/mol. The van der Waals surface area contributed by atoms with Crippen LogP contribution in [0.25, 0.3) is 0 Å². The van der Waals surface area contributed by atoms with Gasteiger partial charge in [-0.2, -0.15) is 0 Å². The van der Waals surface area contributed by atoms with Gasteiger partial charge in [0.15, 0.2) is 0 Å². The second-order valence-electron chi connectivity index (χ2n) is 3.93. The maximum Gasteiger partial charge on any atom is 0.328 e. The van der Waals surface area contributed by atoms with Gasteiger partial charge in [0.1, 0.15) is 11.9 Å². The van der Waals surface area contributed by atoms with Crippen LogP contribution in [0.4, 0.5) is 10.1 Å². The number of nitrogens with one attached hydrogen (secondary N) is 1. The van der Waals surface area contributed by atoms with E-state index in [0.717, 1.165) is 5.56 Å². The van der Waals surface area contributed by atoms with Gasteiger partial charge in [-0.3, -0.25) is 0 Å². The number of carbonyl (C=O) groups is 1. The summed E-state index contributed by atoms with van der Waals surface area (Å²) in [6, 6.07) is 2.87. The minimum atomic E-state index is -0.453. The van der Waals surface area contributed by atoms with Crippen molar-refractivity contribution >= 4 is 11.7 Å². The highest BCUT2D eigenvalue weighted by atomic mass is 19.1. The first-order valence-electron chi connectivity index (χ1n) is 5.34. The van der Waals surface area contributed by atoms with Gasteiger partial charge in [-0.1, -0.05) is 0 Å². The first-order chi connectivity index (χ1) is 7.61. The highest BCUT2D eigenvalue weighted by molar-refractivity contribution is 5.83. The van der Waals surface area contributed by atoms with Gasteiger partial charge >= 0.3 is 5.97 Å². The molecule has 0 amide bonds. The topological polar surface area (TPSA) is 38.3 Å². The van der Waals surface area contributed by atoms with Crippen LogP contribution in [0.1, 0.15) is 18.1 Å². The smallest absolute Gasteiger partial charge is 0.328 e. The molecule has 0 bridgehead atoms. The Morgan fingerprint density at radius 3 is 3.06 bits per heavy atom. The number of hydrogen-bond acceptors (Lipinski definition) is 3. The number of ether oxygens (including phenoxy) is 1. The molecular weight excluding hydrogens is 209 g/mol. The zero-order valence-electron chi connectivity index (χ0n) is 9.34. The molecule has 1 atom stereocenters. The lowest BCUT2D eigenvalue weighted by Gasteiger charge is -2.09. The van der Waals surface area contributed by atoms with Gasteiger partial charge in [0.25, 0.3) is 0 Å². The molecule has 1 aliphatic heterocycles. The Morgan fingerprint density at radius 2 is 2.38 bits per heavy atom. The van der Waals surface area contributed by atoms with E-state index < -0.39 is 6.04 Å². The van der Waals surface area contributed by atoms with Crippen LogP contribution in [0.15, 0.2) is 12.1 Å². The summed E-state index contributed by atoms with van der Waals surface area (Å²) < 4.78 is 18.5. The molecule has 0 saturated carbocycles. The Hall–Kier alpha value is -1.58. The van der Waals surface area contributed by atoms with Gasteiger partial charge in [-0.15, -0.1) is 0 Å². The highest BCUT2D eigenvalue weighted by Gasteiger charge is 2.29. The predicted octanol–water partition coefficient (Wildman–Crippen LogP) is 2.03. The van der Waals surface area contributed by atoms with Crippen LogP contribution in [0.3, 0.4) is 0 Å². The summed E-state index contributed by atoms with van der Waals surface area (Å²) in [6.07, 6.45) is 0.361. The van der Waals surface area contributed by atoms with Crippen LogP contribution in [0, 0.1) is 12.7 Å². The molecule has 1 aromatic carbocycles. The SMILES string of the molecule is CCOC(=O)C1Cc2c(F)cc(C)cc2N1. The first-order valence-corrected chi connectivity index (χ1v) is 5.34. The van der Waals surface area contributed by atoms with E-state index in [4.69, 9.17) is 4.74 Å². The van der Waals surface area contributed by atoms with Crippen LogP contribution in [0.5, 0.6) is 0 Å². The number of rotatable bonds is 2. The summed E-state index contributed by atoms with van der Waals surface area (Å²) in [5.74, 6) is -0.579. The molecule has 0 saturated heterocycles. The third kappa shape index (κ3) is 1.87. The maximum atomic E-state index is 13.6. The minimum Gasteiger partial charge on any atom is -0.464 e.